The van der Waals surface area contributed by atoms with Crippen molar-refractivity contribution in [1.29, 1.82) is 0 Å². The van der Waals surface area contributed by atoms with E-state index in [9.17, 15) is 41.1 Å². The minimum Gasteiger partial charge on any atom is -0.389 e. The molecule has 0 saturated carbocycles. The van der Waals surface area contributed by atoms with E-state index in [2.05, 4.69) is 21.3 Å². The normalized spacial score (nSPS) is 15.5. The smallest absolute Gasteiger partial charge is 0.243 e. The molecule has 7 N–H and O–H groups in total. The van der Waals surface area contributed by atoms with Gasteiger partial charge in [0.15, 0.2) is 19.7 Å². The second kappa shape index (κ2) is 26.9. The molecule has 0 radical (unpaired) electrons. The number of rotatable bonds is 25. The summed E-state index contributed by atoms with van der Waals surface area (Å²) in [6, 6.07) is 39.4. The Morgan fingerprint density at radius 3 is 1.16 bits per heavy atom. The third kappa shape index (κ3) is 16.4. The summed E-state index contributed by atoms with van der Waals surface area (Å²) in [5.41, 5.74) is 10.2. The molecule has 8 atom stereocenters. The van der Waals surface area contributed by atoms with Crippen LogP contribution in [0.3, 0.4) is 0 Å². The van der Waals surface area contributed by atoms with Gasteiger partial charge in [0.25, 0.3) is 0 Å². The molecule has 6 aromatic carbocycles. The lowest BCUT2D eigenvalue weighted by atomic mass is 9.88. The van der Waals surface area contributed by atoms with Crippen molar-refractivity contribution in [3.05, 3.63) is 168 Å². The summed E-state index contributed by atoms with van der Waals surface area (Å²) in [5.74, 6) is -6.57. The molecule has 0 aliphatic rings. The number of carbonyl (C=O) groups excluding carboxylic acids is 4. The number of fused-ring (bicyclic) bond motifs is 2. The molecule has 0 spiro atoms. The molecule has 430 valence electrons. The maximum atomic E-state index is 14.8. The molecule has 0 heterocycles. The number of amides is 4. The molecule has 0 aliphatic carbocycles. The molecule has 0 unspecified atom stereocenters. The van der Waals surface area contributed by atoms with Crippen LogP contribution in [0.25, 0.3) is 21.5 Å². The van der Waals surface area contributed by atoms with Gasteiger partial charge in [-0.2, -0.15) is 0 Å². The Balaban J connectivity index is 1.29. The van der Waals surface area contributed by atoms with Crippen molar-refractivity contribution < 1.29 is 41.1 Å². The number of hydrogen-bond donors (Lipinski definition) is 6. The summed E-state index contributed by atoms with van der Waals surface area (Å²) in [5, 5.41) is 28.1. The average Bonchev–Trinajstić information content (AvgIpc) is 3.40. The van der Waals surface area contributed by atoms with Crippen molar-refractivity contribution in [1.82, 2.24) is 21.3 Å². The summed E-state index contributed by atoms with van der Waals surface area (Å²) in [6.45, 7) is 16.6. The van der Waals surface area contributed by atoms with Crippen LogP contribution in [-0.2, 0) is 64.5 Å². The lowest BCUT2D eigenvalue weighted by Gasteiger charge is -2.36. The summed E-state index contributed by atoms with van der Waals surface area (Å²) in [7, 11) is -7.67. The van der Waals surface area contributed by atoms with Gasteiger partial charge in [0.05, 0.1) is 57.1 Å². The number of sulfone groups is 2. The van der Waals surface area contributed by atoms with Gasteiger partial charge in [0.2, 0.25) is 23.6 Å². The molecule has 6 rings (SSSR count). The van der Waals surface area contributed by atoms with Crippen molar-refractivity contribution in [2.75, 3.05) is 11.5 Å². The molecule has 6 aromatic rings. The fourth-order valence-corrected chi connectivity index (χ4v) is 12.5. The van der Waals surface area contributed by atoms with Gasteiger partial charge in [-0.1, -0.05) is 173 Å². The van der Waals surface area contributed by atoms with E-state index >= 15 is 0 Å². The molecule has 0 saturated heterocycles. The van der Waals surface area contributed by atoms with Gasteiger partial charge in [-0.25, -0.2) is 16.8 Å². The molecule has 80 heavy (non-hydrogen) atoms. The highest BCUT2D eigenvalue weighted by Gasteiger charge is 2.41. The number of carbonyl (C=O) groups is 4. The third-order valence-corrected chi connectivity index (χ3v) is 20.6. The first-order valence-electron chi connectivity index (χ1n) is 27.7. The summed E-state index contributed by atoms with van der Waals surface area (Å²) in [4.78, 5) is 58.8. The standard InChI is InChI=1S/C64H83N5O9S2/c1-41(2)56(68-59(71)49(39-79(75,76)63(5,6)7)37-47-31-21-29-45-27-17-19-33-51(45)47)61(73)66-53(35-43-23-13-11-14-24-43)55(65)58(70)54(36-44-25-15-12-16-26-44)67-62(74)57(42(3)4)69-60(72)50(40-80(77,78)64(8,9)10)38-48-32-22-30-46-28-18-20-34-52(46)48/h11-34,41-42,49-50,53-58,70H,35-40,65H2,1-10H3,(H,66,73)(H,67,74)(H,68,71)(H,69,72)/t49-,50+,53+,54+,55+,56+,57+,58-/m1/s1. The van der Waals surface area contributed by atoms with E-state index < -0.39 is 124 Å². The Morgan fingerprint density at radius 1 is 0.450 bits per heavy atom. The van der Waals surface area contributed by atoms with Gasteiger partial charge in [-0.3, -0.25) is 19.2 Å². The largest absolute Gasteiger partial charge is 0.389 e. The third-order valence-electron chi connectivity index (χ3n) is 15.2. The van der Waals surface area contributed by atoms with E-state index in [1.54, 1.807) is 69.2 Å². The van der Waals surface area contributed by atoms with E-state index in [1.165, 1.54) is 0 Å². The Bertz CT molecular complexity index is 3070. The van der Waals surface area contributed by atoms with Crippen LogP contribution in [0, 0.1) is 23.7 Å². The zero-order valence-electron chi connectivity index (χ0n) is 48.0. The maximum Gasteiger partial charge on any atom is 0.243 e. The van der Waals surface area contributed by atoms with Gasteiger partial charge in [-0.15, -0.1) is 0 Å². The minimum absolute atomic E-state index is 0.0831. The van der Waals surface area contributed by atoms with Crippen molar-refractivity contribution in [2.45, 2.75) is 141 Å². The van der Waals surface area contributed by atoms with Crippen LogP contribution in [0.5, 0.6) is 0 Å². The van der Waals surface area contributed by atoms with E-state index in [0.717, 1.165) is 43.8 Å². The van der Waals surface area contributed by atoms with Crippen molar-refractivity contribution in [3.8, 4) is 0 Å². The second-order valence-electron chi connectivity index (χ2n) is 24.0. The monoisotopic (exact) mass is 1130 g/mol. The van der Waals surface area contributed by atoms with Crippen LogP contribution in [0.15, 0.2) is 146 Å². The lowest BCUT2D eigenvalue weighted by Crippen LogP contribution is -2.64. The highest BCUT2D eigenvalue weighted by Crippen LogP contribution is 2.28. The number of nitrogens with two attached hydrogens (primary N) is 1. The van der Waals surface area contributed by atoms with Crippen LogP contribution < -0.4 is 27.0 Å². The lowest BCUT2D eigenvalue weighted by molar-refractivity contribution is -0.133. The fourth-order valence-electron chi connectivity index (χ4n) is 9.90. The predicted octanol–water partition coefficient (Wildman–Crippen LogP) is 7.86. The SMILES string of the molecule is CC(C)[C@H](NC(=O)[C@H](Cc1cccc2ccccc12)CS(=O)(=O)C(C)(C)C)C(=O)N[C@@H](Cc1ccccc1)[C@H](N)[C@H](O)[C@H](Cc1ccccc1)NC(=O)[C@@H](NC(=O)[C@@H](Cc1cccc2ccccc12)CS(=O)(=O)C(C)(C)C)C(C)C. The summed E-state index contributed by atoms with van der Waals surface area (Å²) >= 11 is 0. The topological polar surface area (TPSA) is 231 Å². The predicted molar refractivity (Wildman–Crippen MR) is 321 cm³/mol. The first-order valence-corrected chi connectivity index (χ1v) is 31.0. The summed E-state index contributed by atoms with van der Waals surface area (Å²) in [6.07, 6.45) is -1.15. The van der Waals surface area contributed by atoms with E-state index in [-0.39, 0.29) is 25.7 Å². The second-order valence-corrected chi connectivity index (χ2v) is 29.6. The minimum atomic E-state index is -3.84. The zero-order valence-corrected chi connectivity index (χ0v) is 49.6. The Kier molecular flexibility index (Phi) is 21.1. The maximum absolute atomic E-state index is 14.8. The van der Waals surface area contributed by atoms with E-state index in [1.807, 2.05) is 146 Å². The molecule has 0 fully saturated rings. The van der Waals surface area contributed by atoms with Gasteiger partial charge in [-0.05, 0) is 123 Å². The van der Waals surface area contributed by atoms with Gasteiger partial charge >= 0.3 is 0 Å². The first kappa shape index (κ1) is 62.7. The molecular weight excluding hydrogens is 1050 g/mol. The van der Waals surface area contributed by atoms with Gasteiger partial charge in [0.1, 0.15) is 12.1 Å². The van der Waals surface area contributed by atoms with Crippen molar-refractivity contribution in [2.24, 2.45) is 29.4 Å². The number of benzene rings is 6. The zero-order chi connectivity index (χ0) is 58.7. The molecule has 14 nitrogen and oxygen atoms in total. The number of aliphatic hydroxyl groups excluding tert-OH is 1. The van der Waals surface area contributed by atoms with Crippen molar-refractivity contribution in [3.63, 3.8) is 0 Å². The quantitative estimate of drug-likeness (QED) is 0.0325. The van der Waals surface area contributed by atoms with Crippen LogP contribution in [-0.4, -0.2) is 103 Å². The highest BCUT2D eigenvalue weighted by atomic mass is 32.2. The molecule has 0 bridgehead atoms. The van der Waals surface area contributed by atoms with E-state index in [4.69, 9.17) is 5.73 Å². The Morgan fingerprint density at radius 2 is 0.787 bits per heavy atom. The van der Waals surface area contributed by atoms with E-state index in [0.29, 0.717) is 0 Å². The number of aliphatic hydroxyl groups is 1. The van der Waals surface area contributed by atoms with Gasteiger partial charge < -0.3 is 32.1 Å². The molecule has 16 heteroatoms. The van der Waals surface area contributed by atoms with Gasteiger partial charge in [0, 0.05) is 0 Å². The highest BCUT2D eigenvalue weighted by molar-refractivity contribution is 7.93. The van der Waals surface area contributed by atoms with Crippen LogP contribution >= 0.6 is 0 Å². The molecule has 0 aromatic heterocycles. The summed E-state index contributed by atoms with van der Waals surface area (Å²) < 4.78 is 53.0. The molecule has 4 amide bonds. The van der Waals surface area contributed by atoms with Crippen LogP contribution in [0.1, 0.15) is 91.5 Å². The average molecular weight is 1130 g/mol. The number of hydrogen-bond acceptors (Lipinski definition) is 10. The van der Waals surface area contributed by atoms with Crippen molar-refractivity contribution >= 4 is 64.8 Å². The Hall–Kier alpha value is -6.46. The Labute approximate surface area is 474 Å². The van der Waals surface area contributed by atoms with Crippen LogP contribution in [0.4, 0.5) is 0 Å². The van der Waals surface area contributed by atoms with Crippen LogP contribution in [0.2, 0.25) is 0 Å². The fraction of sp³-hybridized carbons (Fsp3) is 0.438. The number of nitrogens with one attached hydrogen (secondary N) is 4. The molecular formula is C64H83N5O9S2. The first-order chi connectivity index (χ1) is 37.6. The molecule has 0 aliphatic heterocycles.